The maximum Gasteiger partial charge on any atom is 0.308 e. The van der Waals surface area contributed by atoms with E-state index in [2.05, 4.69) is 0 Å². The molecule has 0 aromatic heterocycles. The molecule has 0 spiro atoms. The molecule has 0 aromatic carbocycles. The highest BCUT2D eigenvalue weighted by molar-refractivity contribution is 5.72. The van der Waals surface area contributed by atoms with Gasteiger partial charge in [-0.15, -0.1) is 0 Å². The molecule has 2 atom stereocenters. The van der Waals surface area contributed by atoms with Crippen molar-refractivity contribution in [1.82, 2.24) is 0 Å². The second kappa shape index (κ2) is 5.50. The van der Waals surface area contributed by atoms with Gasteiger partial charge >= 0.3 is 11.9 Å². The quantitative estimate of drug-likeness (QED) is 0.418. The fourth-order valence-corrected chi connectivity index (χ4v) is 0.964. The molecule has 0 amide bonds. The first-order chi connectivity index (χ1) is 5.99. The number of aliphatic carboxylic acids is 2. The van der Waals surface area contributed by atoms with Gasteiger partial charge in [-0.1, -0.05) is 0 Å². The maximum atomic E-state index is 10.6. The van der Waals surface area contributed by atoms with E-state index in [-0.39, 0.29) is 19.4 Å². The minimum Gasteiger partial charge on any atom is -0.481 e. The average Bonchev–Trinajstić information content (AvgIpc) is 2.03. The standard InChI is InChI=1S/C7H14N2O4/c8-3-5(9)4(7(12)13)1-2-6(10)11/h4-5H,1-3,8-9H2,(H,10,11)(H,12,13)/t4-,5+/m0/s1. The minimum absolute atomic E-state index is 0.0169. The van der Waals surface area contributed by atoms with Crippen LogP contribution in [0.25, 0.3) is 0 Å². The van der Waals surface area contributed by atoms with Crippen molar-refractivity contribution < 1.29 is 19.8 Å². The Balaban J connectivity index is 4.10. The normalized spacial score (nSPS) is 14.9. The van der Waals surface area contributed by atoms with Gasteiger partial charge in [0, 0.05) is 19.0 Å². The second-order valence-corrected chi connectivity index (χ2v) is 2.78. The highest BCUT2D eigenvalue weighted by Gasteiger charge is 2.24. The Morgan fingerprint density at radius 2 is 1.85 bits per heavy atom. The van der Waals surface area contributed by atoms with Crippen LogP contribution in [0.5, 0.6) is 0 Å². The van der Waals surface area contributed by atoms with Crippen molar-refractivity contribution in [1.29, 1.82) is 0 Å². The van der Waals surface area contributed by atoms with Crippen LogP contribution in [0.2, 0.25) is 0 Å². The summed E-state index contributed by atoms with van der Waals surface area (Å²) in [6.07, 6.45) is -0.187. The molecule has 0 aromatic rings. The van der Waals surface area contributed by atoms with Gasteiger partial charge < -0.3 is 21.7 Å². The molecule has 0 rings (SSSR count). The summed E-state index contributed by atoms with van der Waals surface area (Å²) in [6.45, 7) is 0.0383. The first-order valence-corrected chi connectivity index (χ1v) is 3.89. The van der Waals surface area contributed by atoms with Crippen molar-refractivity contribution in [3.05, 3.63) is 0 Å². The van der Waals surface area contributed by atoms with Crippen LogP contribution >= 0.6 is 0 Å². The number of rotatable bonds is 6. The summed E-state index contributed by atoms with van der Waals surface area (Å²) in [7, 11) is 0. The first-order valence-electron chi connectivity index (χ1n) is 3.89. The van der Waals surface area contributed by atoms with Crippen LogP contribution in [-0.4, -0.2) is 34.7 Å². The molecule has 0 aliphatic heterocycles. The fraction of sp³-hybridized carbons (Fsp3) is 0.714. The lowest BCUT2D eigenvalue weighted by molar-refractivity contribution is -0.143. The van der Waals surface area contributed by atoms with Crippen molar-refractivity contribution in [2.75, 3.05) is 6.54 Å². The van der Waals surface area contributed by atoms with Gasteiger partial charge in [0.15, 0.2) is 0 Å². The van der Waals surface area contributed by atoms with E-state index in [1.165, 1.54) is 0 Å². The van der Waals surface area contributed by atoms with E-state index in [9.17, 15) is 9.59 Å². The molecule has 0 aliphatic rings. The van der Waals surface area contributed by atoms with Gasteiger partial charge in [-0.25, -0.2) is 0 Å². The second-order valence-electron chi connectivity index (χ2n) is 2.78. The molecule has 6 heteroatoms. The van der Waals surface area contributed by atoms with E-state index in [1.54, 1.807) is 0 Å². The Morgan fingerprint density at radius 3 is 2.15 bits per heavy atom. The Labute approximate surface area is 75.5 Å². The molecule has 0 aliphatic carbocycles. The molecule has 76 valence electrons. The monoisotopic (exact) mass is 190 g/mol. The lowest BCUT2D eigenvalue weighted by atomic mass is 9.95. The van der Waals surface area contributed by atoms with E-state index in [0.717, 1.165) is 0 Å². The molecule has 0 heterocycles. The zero-order chi connectivity index (χ0) is 10.4. The first kappa shape index (κ1) is 11.9. The predicted octanol–water partition coefficient (Wildman–Crippen LogP) is -1.16. The van der Waals surface area contributed by atoms with Crippen LogP contribution < -0.4 is 11.5 Å². The SMILES string of the molecule is NC[C@@H](N)[C@H](CCC(=O)O)C(=O)O. The van der Waals surface area contributed by atoms with Gasteiger partial charge in [0.05, 0.1) is 5.92 Å². The smallest absolute Gasteiger partial charge is 0.308 e. The van der Waals surface area contributed by atoms with Gasteiger partial charge in [-0.2, -0.15) is 0 Å². The molecule has 0 saturated carbocycles. The van der Waals surface area contributed by atoms with Gasteiger partial charge in [0.1, 0.15) is 0 Å². The van der Waals surface area contributed by atoms with E-state index >= 15 is 0 Å². The number of nitrogens with two attached hydrogens (primary N) is 2. The van der Waals surface area contributed by atoms with Crippen molar-refractivity contribution in [2.24, 2.45) is 17.4 Å². The van der Waals surface area contributed by atoms with Crippen molar-refractivity contribution in [3.8, 4) is 0 Å². The van der Waals surface area contributed by atoms with Crippen LogP contribution in [0, 0.1) is 5.92 Å². The summed E-state index contributed by atoms with van der Waals surface area (Å²) in [5.41, 5.74) is 10.6. The number of carboxylic acid groups (broad SMARTS) is 2. The zero-order valence-corrected chi connectivity index (χ0v) is 7.14. The van der Waals surface area contributed by atoms with E-state index in [1.807, 2.05) is 0 Å². The van der Waals surface area contributed by atoms with E-state index in [0.29, 0.717) is 0 Å². The van der Waals surface area contributed by atoms with Gasteiger partial charge in [-0.05, 0) is 6.42 Å². The molecular weight excluding hydrogens is 176 g/mol. The van der Waals surface area contributed by atoms with Gasteiger partial charge in [0.2, 0.25) is 0 Å². The summed E-state index contributed by atoms with van der Waals surface area (Å²) in [5, 5.41) is 17.0. The van der Waals surface area contributed by atoms with Gasteiger partial charge in [-0.3, -0.25) is 9.59 Å². The highest BCUT2D eigenvalue weighted by Crippen LogP contribution is 2.09. The molecule has 13 heavy (non-hydrogen) atoms. The molecule has 0 bridgehead atoms. The van der Waals surface area contributed by atoms with Crippen LogP contribution in [0.1, 0.15) is 12.8 Å². The molecule has 0 saturated heterocycles. The van der Waals surface area contributed by atoms with Crippen LogP contribution in [-0.2, 0) is 9.59 Å². The summed E-state index contributed by atoms with van der Waals surface area (Å²) >= 11 is 0. The highest BCUT2D eigenvalue weighted by atomic mass is 16.4. The van der Waals surface area contributed by atoms with Crippen LogP contribution in [0.4, 0.5) is 0 Å². The fourth-order valence-electron chi connectivity index (χ4n) is 0.964. The predicted molar refractivity (Wildman–Crippen MR) is 45.0 cm³/mol. The Morgan fingerprint density at radius 1 is 1.31 bits per heavy atom. The third-order valence-corrected chi connectivity index (χ3v) is 1.78. The van der Waals surface area contributed by atoms with E-state index in [4.69, 9.17) is 21.7 Å². The lowest BCUT2D eigenvalue weighted by Crippen LogP contribution is -2.41. The Kier molecular flexibility index (Phi) is 5.01. The maximum absolute atomic E-state index is 10.6. The molecular formula is C7H14N2O4. The molecule has 6 nitrogen and oxygen atoms in total. The van der Waals surface area contributed by atoms with Crippen molar-refractivity contribution in [2.45, 2.75) is 18.9 Å². The minimum atomic E-state index is -1.10. The average molecular weight is 190 g/mol. The van der Waals surface area contributed by atoms with Gasteiger partial charge in [0.25, 0.3) is 0 Å². The van der Waals surface area contributed by atoms with Crippen LogP contribution in [0.3, 0.4) is 0 Å². The van der Waals surface area contributed by atoms with E-state index < -0.39 is 23.9 Å². The molecule has 0 fully saturated rings. The summed E-state index contributed by atoms with van der Waals surface area (Å²) in [6, 6.07) is -0.683. The number of carboxylic acids is 2. The number of hydrogen-bond donors (Lipinski definition) is 4. The summed E-state index contributed by atoms with van der Waals surface area (Å²) < 4.78 is 0. The third kappa shape index (κ3) is 4.44. The summed E-state index contributed by atoms with van der Waals surface area (Å²) in [4.78, 5) is 20.8. The largest absolute Gasteiger partial charge is 0.481 e. The van der Waals surface area contributed by atoms with Crippen molar-refractivity contribution >= 4 is 11.9 Å². The third-order valence-electron chi connectivity index (χ3n) is 1.78. The molecule has 0 unspecified atom stereocenters. The number of carbonyl (C=O) groups is 2. The topological polar surface area (TPSA) is 127 Å². The van der Waals surface area contributed by atoms with Crippen molar-refractivity contribution in [3.63, 3.8) is 0 Å². The summed E-state index contributed by atoms with van der Waals surface area (Å²) in [5.74, 6) is -3.00. The lowest BCUT2D eigenvalue weighted by Gasteiger charge is -2.17. The molecule has 6 N–H and O–H groups in total. The number of hydrogen-bond acceptors (Lipinski definition) is 4. The Hall–Kier alpha value is -1.14. The molecule has 0 radical (unpaired) electrons. The zero-order valence-electron chi connectivity index (χ0n) is 7.14. The Bertz CT molecular complexity index is 195. The van der Waals surface area contributed by atoms with Crippen LogP contribution in [0.15, 0.2) is 0 Å².